The SMILES string of the molecule is Cn1c(=O)n(C)c2cc(C[C@H]3C(=O)Nc4cc(Cl)ccc43)ccc21. The topological polar surface area (TPSA) is 56.0 Å². The Morgan fingerprint density at radius 2 is 1.79 bits per heavy atom. The van der Waals surface area contributed by atoms with E-state index in [4.69, 9.17) is 11.6 Å². The van der Waals surface area contributed by atoms with E-state index in [-0.39, 0.29) is 17.5 Å². The second kappa shape index (κ2) is 5.24. The van der Waals surface area contributed by atoms with Gasteiger partial charge in [-0.25, -0.2) is 4.79 Å². The number of aromatic nitrogens is 2. The Kier molecular flexibility index (Phi) is 3.28. The molecule has 0 saturated heterocycles. The fourth-order valence-electron chi connectivity index (χ4n) is 3.42. The van der Waals surface area contributed by atoms with Crippen LogP contribution < -0.4 is 11.0 Å². The molecule has 4 rings (SSSR count). The lowest BCUT2D eigenvalue weighted by Gasteiger charge is -2.09. The maximum Gasteiger partial charge on any atom is 0.328 e. The molecule has 0 fully saturated rings. The summed E-state index contributed by atoms with van der Waals surface area (Å²) in [5.41, 5.74) is 4.47. The highest BCUT2D eigenvalue weighted by atomic mass is 35.5. The molecule has 24 heavy (non-hydrogen) atoms. The number of nitrogens with one attached hydrogen (secondary N) is 1. The summed E-state index contributed by atoms with van der Waals surface area (Å²) < 4.78 is 3.25. The predicted octanol–water partition coefficient (Wildman–Crippen LogP) is 2.81. The Hall–Kier alpha value is -2.53. The van der Waals surface area contributed by atoms with Gasteiger partial charge in [0.15, 0.2) is 0 Å². The van der Waals surface area contributed by atoms with Crippen LogP contribution in [0.3, 0.4) is 0 Å². The molecule has 5 nitrogen and oxygen atoms in total. The lowest BCUT2D eigenvalue weighted by molar-refractivity contribution is -0.117. The number of rotatable bonds is 2. The molecule has 1 aliphatic heterocycles. The molecule has 1 atom stereocenters. The number of carbonyl (C=O) groups is 1. The molecule has 2 heterocycles. The summed E-state index contributed by atoms with van der Waals surface area (Å²) in [5, 5.41) is 3.49. The van der Waals surface area contributed by atoms with Gasteiger partial charge in [0.05, 0.1) is 17.0 Å². The van der Waals surface area contributed by atoms with Gasteiger partial charge in [-0.05, 0) is 41.8 Å². The molecule has 122 valence electrons. The first kappa shape index (κ1) is 15.0. The van der Waals surface area contributed by atoms with Gasteiger partial charge < -0.3 is 5.32 Å². The van der Waals surface area contributed by atoms with Gasteiger partial charge in [-0.3, -0.25) is 13.9 Å². The normalized spacial score (nSPS) is 16.5. The minimum atomic E-state index is -0.240. The minimum absolute atomic E-state index is 0.0192. The summed E-state index contributed by atoms with van der Waals surface area (Å²) in [6, 6.07) is 11.4. The Labute approximate surface area is 143 Å². The molecule has 0 spiro atoms. The van der Waals surface area contributed by atoms with Crippen LogP contribution in [-0.4, -0.2) is 15.0 Å². The van der Waals surface area contributed by atoms with Crippen LogP contribution in [-0.2, 0) is 25.3 Å². The highest BCUT2D eigenvalue weighted by Crippen LogP contribution is 2.36. The third kappa shape index (κ3) is 2.16. The van der Waals surface area contributed by atoms with Crippen LogP contribution in [0.2, 0.25) is 5.02 Å². The lowest BCUT2D eigenvalue weighted by atomic mass is 9.93. The molecule has 1 aromatic heterocycles. The molecule has 0 radical (unpaired) electrons. The van der Waals surface area contributed by atoms with Gasteiger partial charge in [-0.2, -0.15) is 0 Å². The molecule has 6 heteroatoms. The van der Waals surface area contributed by atoms with Crippen molar-refractivity contribution in [1.82, 2.24) is 9.13 Å². The van der Waals surface area contributed by atoms with Gasteiger partial charge in [0.2, 0.25) is 5.91 Å². The third-order valence-electron chi connectivity index (χ3n) is 4.74. The summed E-state index contributed by atoms with van der Waals surface area (Å²) in [7, 11) is 3.52. The van der Waals surface area contributed by atoms with Crippen molar-refractivity contribution in [2.45, 2.75) is 12.3 Å². The maximum absolute atomic E-state index is 12.3. The quantitative estimate of drug-likeness (QED) is 0.779. The fraction of sp³-hybridized carbons (Fsp3) is 0.222. The number of halogens is 1. The molecule has 1 N–H and O–H groups in total. The van der Waals surface area contributed by atoms with Gasteiger partial charge in [0, 0.05) is 24.8 Å². The Morgan fingerprint density at radius 1 is 1.04 bits per heavy atom. The number of hydrogen-bond acceptors (Lipinski definition) is 2. The predicted molar refractivity (Wildman–Crippen MR) is 94.7 cm³/mol. The van der Waals surface area contributed by atoms with Crippen LogP contribution in [0.4, 0.5) is 5.69 Å². The molecule has 0 aliphatic carbocycles. The first-order valence-corrected chi connectivity index (χ1v) is 8.08. The molecule has 0 bridgehead atoms. The van der Waals surface area contributed by atoms with Gasteiger partial charge in [-0.1, -0.05) is 23.7 Å². The number of anilines is 1. The number of carbonyl (C=O) groups excluding carboxylic acids is 1. The number of imidazole rings is 1. The molecule has 1 amide bonds. The van der Waals surface area contributed by atoms with E-state index in [0.717, 1.165) is 27.8 Å². The van der Waals surface area contributed by atoms with Crippen molar-refractivity contribution in [3.63, 3.8) is 0 Å². The monoisotopic (exact) mass is 341 g/mol. The number of amides is 1. The maximum atomic E-state index is 12.3. The number of nitrogens with zero attached hydrogens (tertiary/aromatic N) is 2. The molecule has 2 aromatic carbocycles. The Morgan fingerprint density at radius 3 is 2.58 bits per heavy atom. The molecule has 1 aliphatic rings. The molecular weight excluding hydrogens is 326 g/mol. The second-order valence-electron chi connectivity index (χ2n) is 6.20. The molecule has 3 aromatic rings. The first-order valence-electron chi connectivity index (χ1n) is 7.70. The van der Waals surface area contributed by atoms with Crippen LogP contribution in [0, 0.1) is 0 Å². The van der Waals surface area contributed by atoms with Crippen molar-refractivity contribution in [3.8, 4) is 0 Å². The van der Waals surface area contributed by atoms with E-state index in [1.807, 2.05) is 24.3 Å². The summed E-state index contributed by atoms with van der Waals surface area (Å²) in [4.78, 5) is 24.4. The van der Waals surface area contributed by atoms with E-state index in [0.29, 0.717) is 11.4 Å². The smallest absolute Gasteiger partial charge is 0.325 e. The average molecular weight is 342 g/mol. The summed E-state index contributed by atoms with van der Waals surface area (Å²) in [6.07, 6.45) is 0.583. The third-order valence-corrected chi connectivity index (χ3v) is 4.98. The van der Waals surface area contributed by atoms with Crippen LogP contribution in [0.1, 0.15) is 17.0 Å². The summed E-state index contributed by atoms with van der Waals surface area (Å²) >= 11 is 5.99. The average Bonchev–Trinajstić information content (AvgIpc) is 2.97. The van der Waals surface area contributed by atoms with E-state index in [1.54, 1.807) is 35.4 Å². The van der Waals surface area contributed by atoms with E-state index in [1.165, 1.54) is 0 Å². The second-order valence-corrected chi connectivity index (χ2v) is 6.64. The Balaban J connectivity index is 1.74. The van der Waals surface area contributed by atoms with Crippen molar-refractivity contribution in [3.05, 3.63) is 63.0 Å². The van der Waals surface area contributed by atoms with Gasteiger partial charge >= 0.3 is 5.69 Å². The number of hydrogen-bond donors (Lipinski definition) is 1. The lowest BCUT2D eigenvalue weighted by Crippen LogP contribution is -2.19. The van der Waals surface area contributed by atoms with Crippen molar-refractivity contribution in [2.24, 2.45) is 14.1 Å². The van der Waals surface area contributed by atoms with Crippen LogP contribution in [0.15, 0.2) is 41.2 Å². The zero-order chi connectivity index (χ0) is 17.0. The standard InChI is InChI=1S/C18H16ClN3O2/c1-21-15-6-3-10(8-16(15)22(2)18(21)24)7-13-12-5-4-11(19)9-14(12)20-17(13)23/h3-6,8-9,13H,7H2,1-2H3,(H,20,23)/t13-/m1/s1. The molecular formula is C18H16ClN3O2. The first-order chi connectivity index (χ1) is 11.5. The number of aryl methyl sites for hydroxylation is 2. The highest BCUT2D eigenvalue weighted by molar-refractivity contribution is 6.31. The largest absolute Gasteiger partial charge is 0.328 e. The van der Waals surface area contributed by atoms with E-state index >= 15 is 0 Å². The fourth-order valence-corrected chi connectivity index (χ4v) is 3.59. The van der Waals surface area contributed by atoms with Crippen LogP contribution in [0.25, 0.3) is 11.0 Å². The van der Waals surface area contributed by atoms with E-state index in [2.05, 4.69) is 5.32 Å². The number of fused-ring (bicyclic) bond motifs is 2. The molecule has 0 saturated carbocycles. The van der Waals surface area contributed by atoms with Crippen molar-refractivity contribution in [2.75, 3.05) is 5.32 Å². The van der Waals surface area contributed by atoms with E-state index < -0.39 is 0 Å². The highest BCUT2D eigenvalue weighted by Gasteiger charge is 2.30. The summed E-state index contributed by atoms with van der Waals surface area (Å²) in [5.74, 6) is -0.259. The van der Waals surface area contributed by atoms with Gasteiger partial charge in [0.1, 0.15) is 0 Å². The van der Waals surface area contributed by atoms with Gasteiger partial charge in [0.25, 0.3) is 0 Å². The van der Waals surface area contributed by atoms with Crippen molar-refractivity contribution >= 4 is 34.2 Å². The number of benzene rings is 2. The van der Waals surface area contributed by atoms with Gasteiger partial charge in [-0.15, -0.1) is 0 Å². The van der Waals surface area contributed by atoms with Crippen LogP contribution in [0.5, 0.6) is 0 Å². The molecule has 0 unspecified atom stereocenters. The minimum Gasteiger partial charge on any atom is -0.325 e. The zero-order valence-electron chi connectivity index (χ0n) is 13.3. The van der Waals surface area contributed by atoms with Crippen molar-refractivity contribution in [1.29, 1.82) is 0 Å². The van der Waals surface area contributed by atoms with Crippen LogP contribution >= 0.6 is 11.6 Å². The van der Waals surface area contributed by atoms with E-state index in [9.17, 15) is 9.59 Å². The Bertz CT molecular complexity index is 1050. The summed E-state index contributed by atoms with van der Waals surface area (Å²) in [6.45, 7) is 0. The zero-order valence-corrected chi connectivity index (χ0v) is 14.1. The van der Waals surface area contributed by atoms with Crippen molar-refractivity contribution < 1.29 is 4.79 Å².